The summed E-state index contributed by atoms with van der Waals surface area (Å²) in [6.07, 6.45) is 0.390. The summed E-state index contributed by atoms with van der Waals surface area (Å²) in [6, 6.07) is -0.766. The lowest BCUT2D eigenvalue weighted by atomic mass is 10.1. The fourth-order valence-corrected chi connectivity index (χ4v) is 2.25. The van der Waals surface area contributed by atoms with E-state index in [0.29, 0.717) is 13.0 Å². The van der Waals surface area contributed by atoms with Crippen LogP contribution in [0, 0.1) is 0 Å². The van der Waals surface area contributed by atoms with Gasteiger partial charge in [-0.3, -0.25) is 14.1 Å². The summed E-state index contributed by atoms with van der Waals surface area (Å²) in [4.78, 5) is 23.9. The van der Waals surface area contributed by atoms with Gasteiger partial charge in [-0.25, -0.2) is 8.93 Å². The predicted molar refractivity (Wildman–Crippen MR) is 54.2 cm³/mol. The van der Waals surface area contributed by atoms with Gasteiger partial charge in [0.2, 0.25) is 17.2 Å². The number of hydrogen-bond donors (Lipinski definition) is 2. The summed E-state index contributed by atoms with van der Waals surface area (Å²) in [5.41, 5.74) is 0. The molecule has 2 N–H and O–H groups in total. The number of carbonyl (C=O) groups is 2. The van der Waals surface area contributed by atoms with Crippen molar-refractivity contribution in [1.82, 2.24) is 9.62 Å². The number of nitrogens with zero attached hydrogens (tertiary/aromatic N) is 1. The normalized spacial score (nSPS) is 27.8. The average Bonchev–Trinajstić information content (AvgIpc) is 2.46. The third kappa shape index (κ3) is 3.08. The van der Waals surface area contributed by atoms with Gasteiger partial charge in [-0.05, 0) is 13.3 Å². The van der Waals surface area contributed by atoms with Crippen LogP contribution in [0.1, 0.15) is 20.3 Å². The molecule has 0 aromatic carbocycles. The van der Waals surface area contributed by atoms with E-state index in [0.717, 1.165) is 0 Å². The van der Waals surface area contributed by atoms with E-state index in [4.69, 9.17) is 4.55 Å². The standard InChI is InChI=1S/C8H14N2O4S/c1-5(11)8-3-7(9-15(13)14)4-10(8)6(2)12/h7-9H,3-4H2,1-2H3,(H,13,14)/t7-,8+/m1/s1. The van der Waals surface area contributed by atoms with E-state index in [-0.39, 0.29) is 17.7 Å². The summed E-state index contributed by atoms with van der Waals surface area (Å²) in [5, 5.41) is 0. The molecule has 1 aliphatic rings. The molecule has 0 aliphatic carbocycles. The van der Waals surface area contributed by atoms with Crippen molar-refractivity contribution in [3.63, 3.8) is 0 Å². The molecule has 1 aliphatic heterocycles. The molecule has 0 spiro atoms. The van der Waals surface area contributed by atoms with Crippen LogP contribution < -0.4 is 4.72 Å². The maximum Gasteiger partial charge on any atom is 0.232 e. The van der Waals surface area contributed by atoms with Crippen LogP contribution in [0.5, 0.6) is 0 Å². The van der Waals surface area contributed by atoms with Crippen molar-refractivity contribution in [2.24, 2.45) is 0 Å². The van der Waals surface area contributed by atoms with E-state index < -0.39 is 17.3 Å². The maximum atomic E-state index is 11.2. The van der Waals surface area contributed by atoms with Crippen LogP contribution in [0.4, 0.5) is 0 Å². The first-order valence-corrected chi connectivity index (χ1v) is 5.67. The highest BCUT2D eigenvalue weighted by atomic mass is 32.2. The van der Waals surface area contributed by atoms with Gasteiger partial charge in [-0.2, -0.15) is 0 Å². The molecule has 1 fully saturated rings. The fraction of sp³-hybridized carbons (Fsp3) is 0.750. The molecule has 86 valence electrons. The molecule has 0 aromatic rings. The van der Waals surface area contributed by atoms with Gasteiger partial charge < -0.3 is 4.90 Å². The summed E-state index contributed by atoms with van der Waals surface area (Å²) >= 11 is -2.11. The molecule has 0 bridgehead atoms. The van der Waals surface area contributed by atoms with Crippen molar-refractivity contribution in [1.29, 1.82) is 0 Å². The van der Waals surface area contributed by atoms with Crippen molar-refractivity contribution in [3.05, 3.63) is 0 Å². The largest absolute Gasteiger partial charge is 0.331 e. The molecule has 0 radical (unpaired) electrons. The third-order valence-corrected chi connectivity index (χ3v) is 2.98. The Morgan fingerprint density at radius 1 is 1.47 bits per heavy atom. The lowest BCUT2D eigenvalue weighted by Crippen LogP contribution is -2.39. The van der Waals surface area contributed by atoms with Crippen molar-refractivity contribution in [2.75, 3.05) is 6.54 Å². The zero-order chi connectivity index (χ0) is 11.6. The number of nitrogens with one attached hydrogen (secondary N) is 1. The topological polar surface area (TPSA) is 86.7 Å². The number of rotatable bonds is 3. The first-order valence-electron chi connectivity index (χ1n) is 4.56. The van der Waals surface area contributed by atoms with Gasteiger partial charge in [0.1, 0.15) is 0 Å². The molecule has 1 rings (SSSR count). The highest BCUT2D eigenvalue weighted by Gasteiger charge is 2.36. The second-order valence-electron chi connectivity index (χ2n) is 3.60. The number of likely N-dealkylation sites (tertiary alicyclic amines) is 1. The van der Waals surface area contributed by atoms with E-state index in [2.05, 4.69) is 4.72 Å². The SMILES string of the molecule is CC(=O)[C@@H]1C[C@@H](NS(=O)O)CN1C(C)=O. The summed E-state index contributed by atoms with van der Waals surface area (Å²) in [7, 11) is 0. The van der Waals surface area contributed by atoms with Gasteiger partial charge in [-0.1, -0.05) is 0 Å². The Morgan fingerprint density at radius 2 is 2.07 bits per heavy atom. The predicted octanol–water partition coefficient (Wildman–Crippen LogP) is -0.709. The van der Waals surface area contributed by atoms with E-state index in [1.807, 2.05) is 0 Å². The molecular weight excluding hydrogens is 220 g/mol. The van der Waals surface area contributed by atoms with Gasteiger partial charge >= 0.3 is 0 Å². The first-order chi connectivity index (χ1) is 6.91. The third-order valence-electron chi connectivity index (χ3n) is 2.44. The van der Waals surface area contributed by atoms with Crippen LogP contribution in [0.3, 0.4) is 0 Å². The molecule has 0 aromatic heterocycles. The minimum atomic E-state index is -2.11. The molecule has 3 atom stereocenters. The van der Waals surface area contributed by atoms with Gasteiger partial charge in [-0.15, -0.1) is 0 Å². The first kappa shape index (κ1) is 12.3. The number of Topliss-reactive ketones (excluding diaryl/α,β-unsaturated/α-hetero) is 1. The molecule has 7 heteroatoms. The molecule has 6 nitrogen and oxygen atoms in total. The molecule has 1 saturated heterocycles. The fourth-order valence-electron chi connectivity index (χ4n) is 1.80. The Hall–Kier alpha value is -0.790. The number of amides is 1. The lowest BCUT2D eigenvalue weighted by Gasteiger charge is -2.20. The van der Waals surface area contributed by atoms with Crippen LogP contribution in [-0.4, -0.2) is 44.0 Å². The van der Waals surface area contributed by atoms with Gasteiger partial charge in [0.05, 0.1) is 6.04 Å². The number of carbonyl (C=O) groups excluding carboxylic acids is 2. The monoisotopic (exact) mass is 234 g/mol. The minimum Gasteiger partial charge on any atom is -0.331 e. The molecule has 1 unspecified atom stereocenters. The minimum absolute atomic E-state index is 0.0989. The van der Waals surface area contributed by atoms with Crippen LogP contribution in [0.2, 0.25) is 0 Å². The Morgan fingerprint density at radius 3 is 2.40 bits per heavy atom. The van der Waals surface area contributed by atoms with E-state index in [9.17, 15) is 13.8 Å². The Balaban J connectivity index is 2.69. The second kappa shape index (κ2) is 4.82. The van der Waals surface area contributed by atoms with Crippen molar-refractivity contribution >= 4 is 23.0 Å². The van der Waals surface area contributed by atoms with Gasteiger partial charge in [0, 0.05) is 19.5 Å². The summed E-state index contributed by atoms with van der Waals surface area (Å²) in [5.74, 6) is -0.290. The zero-order valence-electron chi connectivity index (χ0n) is 8.60. The van der Waals surface area contributed by atoms with E-state index in [1.54, 1.807) is 0 Å². The van der Waals surface area contributed by atoms with Gasteiger partial charge in [0.15, 0.2) is 5.78 Å². The summed E-state index contributed by atoms with van der Waals surface area (Å²) in [6.45, 7) is 3.10. The van der Waals surface area contributed by atoms with E-state index in [1.165, 1.54) is 18.7 Å². The van der Waals surface area contributed by atoms with Crippen LogP contribution >= 0.6 is 0 Å². The maximum absolute atomic E-state index is 11.2. The Kier molecular flexibility index (Phi) is 3.95. The van der Waals surface area contributed by atoms with Gasteiger partial charge in [0.25, 0.3) is 0 Å². The Bertz CT molecular complexity index is 285. The molecular formula is C8H14N2O4S. The number of hydrogen-bond acceptors (Lipinski definition) is 3. The van der Waals surface area contributed by atoms with Crippen molar-refractivity contribution in [2.45, 2.75) is 32.4 Å². The van der Waals surface area contributed by atoms with Crippen LogP contribution in [-0.2, 0) is 20.9 Å². The highest BCUT2D eigenvalue weighted by molar-refractivity contribution is 7.77. The highest BCUT2D eigenvalue weighted by Crippen LogP contribution is 2.18. The molecule has 0 saturated carbocycles. The number of ketones is 1. The zero-order valence-corrected chi connectivity index (χ0v) is 9.41. The van der Waals surface area contributed by atoms with Crippen LogP contribution in [0.15, 0.2) is 0 Å². The van der Waals surface area contributed by atoms with Crippen molar-refractivity contribution < 1.29 is 18.4 Å². The lowest BCUT2D eigenvalue weighted by molar-refractivity contribution is -0.135. The summed E-state index contributed by atoms with van der Waals surface area (Å²) < 4.78 is 21.5. The van der Waals surface area contributed by atoms with Crippen molar-refractivity contribution in [3.8, 4) is 0 Å². The van der Waals surface area contributed by atoms with Crippen LogP contribution in [0.25, 0.3) is 0 Å². The van der Waals surface area contributed by atoms with E-state index >= 15 is 0 Å². The quantitative estimate of drug-likeness (QED) is 0.632. The molecule has 15 heavy (non-hydrogen) atoms. The average molecular weight is 234 g/mol. The molecule has 1 heterocycles. The second-order valence-corrected chi connectivity index (χ2v) is 4.33. The smallest absolute Gasteiger partial charge is 0.232 e. The Labute approximate surface area is 90.4 Å². The molecule has 1 amide bonds.